The number of benzene rings is 1. The van der Waals surface area contributed by atoms with Gasteiger partial charge in [0.25, 0.3) is 0 Å². The average molecular weight is 317 g/mol. The molecule has 1 aliphatic carbocycles. The molecule has 0 spiro atoms. The molecular formula is C14H21ClN2O2S. The fraction of sp³-hybridized carbons (Fsp3) is 0.571. The number of halogens is 1. The monoisotopic (exact) mass is 316 g/mol. The van der Waals surface area contributed by atoms with E-state index in [1.165, 1.54) is 0 Å². The van der Waals surface area contributed by atoms with Crippen molar-refractivity contribution in [2.45, 2.75) is 44.2 Å². The fourth-order valence-corrected chi connectivity index (χ4v) is 4.59. The van der Waals surface area contributed by atoms with Crippen LogP contribution in [-0.4, -0.2) is 14.5 Å². The van der Waals surface area contributed by atoms with Gasteiger partial charge < -0.3 is 5.73 Å². The van der Waals surface area contributed by atoms with Crippen molar-refractivity contribution < 1.29 is 8.42 Å². The molecule has 0 amide bonds. The SMILES string of the molecule is CC1CCC(NS(=O)(=O)c2cc(CN)ccc2Cl)C1C. The predicted octanol–water partition coefficient (Wildman–Crippen LogP) is 2.51. The van der Waals surface area contributed by atoms with Gasteiger partial charge in [-0.1, -0.05) is 31.5 Å². The van der Waals surface area contributed by atoms with Crippen molar-refractivity contribution in [2.24, 2.45) is 17.6 Å². The number of hydrogen-bond acceptors (Lipinski definition) is 3. The molecule has 0 saturated heterocycles. The summed E-state index contributed by atoms with van der Waals surface area (Å²) in [6.07, 6.45) is 1.92. The van der Waals surface area contributed by atoms with Crippen molar-refractivity contribution in [2.75, 3.05) is 0 Å². The normalized spacial score (nSPS) is 26.9. The molecule has 0 heterocycles. The Kier molecular flexibility index (Phi) is 4.74. The molecule has 0 radical (unpaired) electrons. The van der Waals surface area contributed by atoms with Gasteiger partial charge in [-0.3, -0.25) is 0 Å². The first-order chi connectivity index (χ1) is 9.35. The second kappa shape index (κ2) is 6.02. The van der Waals surface area contributed by atoms with Gasteiger partial charge in [0, 0.05) is 12.6 Å². The van der Waals surface area contributed by atoms with Gasteiger partial charge in [0.2, 0.25) is 10.0 Å². The second-order valence-corrected chi connectivity index (χ2v) is 7.70. The third kappa shape index (κ3) is 3.17. The summed E-state index contributed by atoms with van der Waals surface area (Å²) in [6.45, 7) is 4.53. The Labute approximate surface area is 125 Å². The molecule has 0 bridgehead atoms. The molecule has 4 nitrogen and oxygen atoms in total. The maximum atomic E-state index is 12.5. The lowest BCUT2D eigenvalue weighted by molar-refractivity contribution is 0.402. The van der Waals surface area contributed by atoms with Crippen LogP contribution in [0.5, 0.6) is 0 Å². The number of nitrogens with two attached hydrogens (primary N) is 1. The number of hydrogen-bond donors (Lipinski definition) is 2. The van der Waals surface area contributed by atoms with E-state index < -0.39 is 10.0 Å². The van der Waals surface area contributed by atoms with E-state index in [-0.39, 0.29) is 22.5 Å². The summed E-state index contributed by atoms with van der Waals surface area (Å²) in [6, 6.07) is 4.85. The largest absolute Gasteiger partial charge is 0.326 e. The maximum Gasteiger partial charge on any atom is 0.242 e. The van der Waals surface area contributed by atoms with Crippen LogP contribution in [0.3, 0.4) is 0 Å². The van der Waals surface area contributed by atoms with Gasteiger partial charge >= 0.3 is 0 Å². The Hall–Kier alpha value is -0.620. The molecule has 3 atom stereocenters. The van der Waals surface area contributed by atoms with Crippen LogP contribution in [0, 0.1) is 11.8 Å². The zero-order valence-electron chi connectivity index (χ0n) is 11.8. The van der Waals surface area contributed by atoms with E-state index in [1.807, 2.05) is 0 Å². The van der Waals surface area contributed by atoms with E-state index in [2.05, 4.69) is 18.6 Å². The molecular weight excluding hydrogens is 296 g/mol. The first-order valence-corrected chi connectivity index (χ1v) is 8.72. The second-order valence-electron chi connectivity index (χ2n) is 5.61. The van der Waals surface area contributed by atoms with Crippen molar-refractivity contribution in [3.8, 4) is 0 Å². The molecule has 0 aliphatic heterocycles. The minimum Gasteiger partial charge on any atom is -0.326 e. The lowest BCUT2D eigenvalue weighted by Crippen LogP contribution is -2.37. The Morgan fingerprint density at radius 2 is 2.05 bits per heavy atom. The fourth-order valence-electron chi connectivity index (χ4n) is 2.67. The molecule has 1 aromatic carbocycles. The van der Waals surface area contributed by atoms with Crippen LogP contribution in [0.15, 0.2) is 23.1 Å². The molecule has 20 heavy (non-hydrogen) atoms. The van der Waals surface area contributed by atoms with Crippen LogP contribution in [0.2, 0.25) is 5.02 Å². The van der Waals surface area contributed by atoms with E-state index in [4.69, 9.17) is 17.3 Å². The Balaban J connectivity index is 2.27. The standard InChI is InChI=1S/C14H21ClN2O2S/c1-9-3-6-13(10(9)2)17-20(18,19)14-7-11(8-16)4-5-12(14)15/h4-5,7,9-10,13,17H,3,6,8,16H2,1-2H3. The van der Waals surface area contributed by atoms with Crippen LogP contribution in [0.25, 0.3) is 0 Å². The molecule has 3 N–H and O–H groups in total. The highest BCUT2D eigenvalue weighted by Crippen LogP contribution is 2.32. The molecule has 3 unspecified atom stereocenters. The Bertz CT molecular complexity index is 589. The smallest absolute Gasteiger partial charge is 0.242 e. The third-order valence-electron chi connectivity index (χ3n) is 4.29. The van der Waals surface area contributed by atoms with E-state index in [0.717, 1.165) is 18.4 Å². The van der Waals surface area contributed by atoms with Crippen molar-refractivity contribution in [1.29, 1.82) is 0 Å². The minimum absolute atomic E-state index is 0.0207. The van der Waals surface area contributed by atoms with Gasteiger partial charge in [0.1, 0.15) is 4.90 Å². The van der Waals surface area contributed by atoms with Crippen LogP contribution in [0.1, 0.15) is 32.3 Å². The molecule has 1 saturated carbocycles. The van der Waals surface area contributed by atoms with Crippen molar-refractivity contribution >= 4 is 21.6 Å². The quantitative estimate of drug-likeness (QED) is 0.896. The van der Waals surface area contributed by atoms with E-state index in [0.29, 0.717) is 11.8 Å². The lowest BCUT2D eigenvalue weighted by atomic mass is 9.98. The van der Waals surface area contributed by atoms with E-state index in [9.17, 15) is 8.42 Å². The zero-order chi connectivity index (χ0) is 14.9. The number of nitrogens with one attached hydrogen (secondary N) is 1. The summed E-state index contributed by atoms with van der Waals surface area (Å²) in [4.78, 5) is 0.119. The molecule has 1 aliphatic rings. The highest BCUT2D eigenvalue weighted by molar-refractivity contribution is 7.89. The van der Waals surface area contributed by atoms with Gasteiger partial charge in [0.05, 0.1) is 5.02 Å². The maximum absolute atomic E-state index is 12.5. The third-order valence-corrected chi connectivity index (χ3v) is 6.26. The highest BCUT2D eigenvalue weighted by atomic mass is 35.5. The van der Waals surface area contributed by atoms with E-state index in [1.54, 1.807) is 18.2 Å². The molecule has 2 rings (SSSR count). The van der Waals surface area contributed by atoms with Crippen molar-refractivity contribution in [1.82, 2.24) is 4.72 Å². The van der Waals surface area contributed by atoms with Gasteiger partial charge in [-0.05, 0) is 42.4 Å². The molecule has 1 aromatic rings. The molecule has 1 fully saturated rings. The van der Waals surface area contributed by atoms with Gasteiger partial charge in [-0.25, -0.2) is 13.1 Å². The number of sulfonamides is 1. The summed E-state index contributed by atoms with van der Waals surface area (Å²) in [5, 5.41) is 0.230. The van der Waals surface area contributed by atoms with Crippen LogP contribution in [-0.2, 0) is 16.6 Å². The Morgan fingerprint density at radius 3 is 2.60 bits per heavy atom. The van der Waals surface area contributed by atoms with Crippen LogP contribution >= 0.6 is 11.6 Å². The molecule has 0 aromatic heterocycles. The van der Waals surface area contributed by atoms with Crippen LogP contribution in [0.4, 0.5) is 0 Å². The van der Waals surface area contributed by atoms with Gasteiger partial charge in [0.15, 0.2) is 0 Å². The number of rotatable bonds is 4. The first kappa shape index (κ1) is 15.8. The summed E-state index contributed by atoms with van der Waals surface area (Å²) < 4.78 is 27.8. The minimum atomic E-state index is -3.60. The summed E-state index contributed by atoms with van der Waals surface area (Å²) >= 11 is 6.03. The van der Waals surface area contributed by atoms with Crippen molar-refractivity contribution in [3.63, 3.8) is 0 Å². The van der Waals surface area contributed by atoms with Gasteiger partial charge in [-0.2, -0.15) is 0 Å². The molecule has 6 heteroatoms. The summed E-state index contributed by atoms with van der Waals surface area (Å²) in [7, 11) is -3.60. The topological polar surface area (TPSA) is 72.2 Å². The van der Waals surface area contributed by atoms with Gasteiger partial charge in [-0.15, -0.1) is 0 Å². The lowest BCUT2D eigenvalue weighted by Gasteiger charge is -2.20. The summed E-state index contributed by atoms with van der Waals surface area (Å²) in [5.41, 5.74) is 6.31. The summed E-state index contributed by atoms with van der Waals surface area (Å²) in [5.74, 6) is 0.870. The van der Waals surface area contributed by atoms with E-state index >= 15 is 0 Å². The van der Waals surface area contributed by atoms with Crippen LogP contribution < -0.4 is 10.5 Å². The first-order valence-electron chi connectivity index (χ1n) is 6.86. The predicted molar refractivity (Wildman–Crippen MR) is 81.0 cm³/mol. The highest BCUT2D eigenvalue weighted by Gasteiger charge is 2.33. The Morgan fingerprint density at radius 1 is 1.35 bits per heavy atom. The molecule has 112 valence electrons. The average Bonchev–Trinajstić information content (AvgIpc) is 2.70. The van der Waals surface area contributed by atoms with Crippen molar-refractivity contribution in [3.05, 3.63) is 28.8 Å². The zero-order valence-corrected chi connectivity index (χ0v) is 13.3.